The van der Waals surface area contributed by atoms with Gasteiger partial charge < -0.3 is 10.2 Å². The molecule has 3 aromatic rings. The number of hydrogen-bond donors (Lipinski definition) is 1. The van der Waals surface area contributed by atoms with E-state index in [0.717, 1.165) is 28.5 Å². The number of carbonyl (C=O) groups is 1. The molecule has 0 bridgehead atoms. The number of anilines is 2. The van der Waals surface area contributed by atoms with Gasteiger partial charge in [0.15, 0.2) is 0 Å². The van der Waals surface area contributed by atoms with Crippen LogP contribution in [0.5, 0.6) is 0 Å². The number of aryl methyl sites for hydroxylation is 1. The Kier molecular flexibility index (Phi) is 8.68. The number of sulfonamides is 1. The maximum atomic E-state index is 13.7. The van der Waals surface area contributed by atoms with Crippen molar-refractivity contribution in [2.24, 2.45) is 5.92 Å². The molecule has 1 amide bonds. The Hall–Kier alpha value is -3.03. The topological polar surface area (TPSA) is 69.7 Å². The average Bonchev–Trinajstić information content (AvgIpc) is 2.89. The molecule has 1 aliphatic rings. The summed E-state index contributed by atoms with van der Waals surface area (Å²) in [5.41, 5.74) is 4.06. The molecule has 1 aliphatic heterocycles. The van der Waals surface area contributed by atoms with Crippen LogP contribution in [0.2, 0.25) is 5.02 Å². The third-order valence-corrected chi connectivity index (χ3v) is 9.38. The second-order valence-electron chi connectivity index (χ2n) is 10.3. The molecule has 0 saturated carbocycles. The minimum absolute atomic E-state index is 0.117. The Morgan fingerprint density at radius 3 is 2.42 bits per heavy atom. The highest BCUT2D eigenvalue weighted by molar-refractivity contribution is 7.92. The van der Waals surface area contributed by atoms with Gasteiger partial charge in [-0.15, -0.1) is 0 Å². The Bertz CT molecular complexity index is 1370. The first-order chi connectivity index (χ1) is 18.1. The lowest BCUT2D eigenvalue weighted by Crippen LogP contribution is -2.42. The molecule has 202 valence electrons. The lowest BCUT2D eigenvalue weighted by molar-refractivity contribution is -0.120. The van der Waals surface area contributed by atoms with Crippen LogP contribution in [-0.2, 0) is 14.8 Å². The predicted molar refractivity (Wildman–Crippen MR) is 156 cm³/mol. The lowest BCUT2D eigenvalue weighted by Gasteiger charge is -2.33. The normalized spacial score (nSPS) is 16.7. The molecule has 1 N–H and O–H groups in total. The molecular formula is C30H36ClN3O3S. The first-order valence-corrected chi connectivity index (χ1v) is 14.9. The molecule has 2 unspecified atom stereocenters. The van der Waals surface area contributed by atoms with Gasteiger partial charge in [-0.25, -0.2) is 8.42 Å². The summed E-state index contributed by atoms with van der Waals surface area (Å²) in [6, 6.07) is 19.6. The third kappa shape index (κ3) is 6.33. The van der Waals surface area contributed by atoms with Gasteiger partial charge in [0.05, 0.1) is 16.6 Å². The van der Waals surface area contributed by atoms with Gasteiger partial charge in [-0.3, -0.25) is 9.10 Å². The molecule has 1 saturated heterocycles. The molecule has 4 rings (SSSR count). The van der Waals surface area contributed by atoms with Gasteiger partial charge in [-0.05, 0) is 87.1 Å². The van der Waals surface area contributed by atoms with Gasteiger partial charge in [-0.2, -0.15) is 0 Å². The first-order valence-electron chi connectivity index (χ1n) is 13.0. The quantitative estimate of drug-likeness (QED) is 0.357. The zero-order chi connectivity index (χ0) is 27.4. The molecule has 0 aromatic heterocycles. The molecule has 38 heavy (non-hydrogen) atoms. The Morgan fingerprint density at radius 2 is 1.76 bits per heavy atom. The fourth-order valence-electron chi connectivity index (χ4n) is 4.90. The van der Waals surface area contributed by atoms with E-state index >= 15 is 0 Å². The van der Waals surface area contributed by atoms with Crippen molar-refractivity contribution < 1.29 is 13.2 Å². The number of hydrogen-bond acceptors (Lipinski definition) is 4. The van der Waals surface area contributed by atoms with Crippen LogP contribution in [0.3, 0.4) is 0 Å². The van der Waals surface area contributed by atoms with Crippen molar-refractivity contribution in [3.63, 3.8) is 0 Å². The number of amides is 1. The molecule has 8 heteroatoms. The van der Waals surface area contributed by atoms with E-state index in [1.165, 1.54) is 18.5 Å². The highest BCUT2D eigenvalue weighted by Crippen LogP contribution is 2.31. The van der Waals surface area contributed by atoms with Crippen LogP contribution in [0, 0.1) is 19.8 Å². The molecule has 3 aromatic carbocycles. The second kappa shape index (κ2) is 11.8. The first kappa shape index (κ1) is 28.0. The SMILES string of the molecule is Cc1ccc(S(=O)(=O)N(CC(=O)NC(C)c2ccc(N3CCCC(C)C3)cc2)c2cccc(Cl)c2C)cc1. The van der Waals surface area contributed by atoms with Crippen molar-refractivity contribution in [1.29, 1.82) is 0 Å². The van der Waals surface area contributed by atoms with Gasteiger partial charge in [0, 0.05) is 23.8 Å². The van der Waals surface area contributed by atoms with E-state index in [2.05, 4.69) is 29.3 Å². The summed E-state index contributed by atoms with van der Waals surface area (Å²) in [5.74, 6) is 0.283. The Morgan fingerprint density at radius 1 is 1.08 bits per heavy atom. The van der Waals surface area contributed by atoms with Crippen molar-refractivity contribution in [1.82, 2.24) is 5.32 Å². The minimum atomic E-state index is -4.02. The molecule has 0 aliphatic carbocycles. The maximum Gasteiger partial charge on any atom is 0.264 e. The molecule has 2 atom stereocenters. The van der Waals surface area contributed by atoms with Crippen molar-refractivity contribution in [3.05, 3.63) is 88.4 Å². The Balaban J connectivity index is 1.53. The van der Waals surface area contributed by atoms with Crippen LogP contribution in [-0.4, -0.2) is 34.0 Å². The summed E-state index contributed by atoms with van der Waals surface area (Å²) in [6.45, 7) is 9.57. The molecule has 0 radical (unpaired) electrons. The van der Waals surface area contributed by atoms with Gasteiger partial charge in [0.1, 0.15) is 6.54 Å². The van der Waals surface area contributed by atoms with E-state index in [-0.39, 0.29) is 17.5 Å². The monoisotopic (exact) mass is 553 g/mol. The number of rotatable bonds is 8. The molecular weight excluding hydrogens is 518 g/mol. The number of carbonyl (C=O) groups excluding carboxylic acids is 1. The van der Waals surface area contributed by atoms with E-state index in [9.17, 15) is 13.2 Å². The molecule has 1 fully saturated rings. The molecule has 1 heterocycles. The summed E-state index contributed by atoms with van der Waals surface area (Å²) in [6.07, 6.45) is 2.46. The summed E-state index contributed by atoms with van der Waals surface area (Å²) in [7, 11) is -4.02. The predicted octanol–water partition coefficient (Wildman–Crippen LogP) is 6.27. The second-order valence-corrected chi connectivity index (χ2v) is 12.6. The minimum Gasteiger partial charge on any atom is -0.371 e. The fourth-order valence-corrected chi connectivity index (χ4v) is 6.55. The summed E-state index contributed by atoms with van der Waals surface area (Å²) >= 11 is 6.33. The number of nitrogens with one attached hydrogen (secondary N) is 1. The highest BCUT2D eigenvalue weighted by Gasteiger charge is 2.29. The van der Waals surface area contributed by atoms with E-state index in [4.69, 9.17) is 11.6 Å². The number of piperidine rings is 1. The highest BCUT2D eigenvalue weighted by atomic mass is 35.5. The average molecular weight is 554 g/mol. The number of nitrogens with zero attached hydrogens (tertiary/aromatic N) is 2. The van der Waals surface area contributed by atoms with Crippen molar-refractivity contribution in [2.75, 3.05) is 28.8 Å². The maximum absolute atomic E-state index is 13.7. The van der Waals surface area contributed by atoms with Crippen LogP contribution in [0.25, 0.3) is 0 Å². The standard InChI is InChI=1S/C30H36ClN3O3S/c1-21-10-16-27(17-11-21)38(36,37)34(29-9-5-8-28(31)23(29)3)20-30(35)32-24(4)25-12-14-26(15-13-25)33-18-6-7-22(2)19-33/h5,8-17,22,24H,6-7,18-20H2,1-4H3,(H,32,35). The molecule has 6 nitrogen and oxygen atoms in total. The summed E-state index contributed by atoms with van der Waals surface area (Å²) in [4.78, 5) is 15.8. The smallest absolute Gasteiger partial charge is 0.264 e. The Labute approximate surface area is 231 Å². The van der Waals surface area contributed by atoms with Crippen molar-refractivity contribution in [3.8, 4) is 0 Å². The van der Waals surface area contributed by atoms with Crippen molar-refractivity contribution in [2.45, 2.75) is 51.5 Å². The zero-order valence-corrected chi connectivity index (χ0v) is 24.0. The number of benzene rings is 3. The zero-order valence-electron chi connectivity index (χ0n) is 22.4. The van der Waals surface area contributed by atoms with Crippen LogP contribution < -0.4 is 14.5 Å². The van der Waals surface area contributed by atoms with E-state index in [0.29, 0.717) is 22.2 Å². The van der Waals surface area contributed by atoms with E-state index in [1.54, 1.807) is 49.4 Å². The fraction of sp³-hybridized carbons (Fsp3) is 0.367. The van der Waals surface area contributed by atoms with Crippen molar-refractivity contribution >= 4 is 38.9 Å². The van der Waals surface area contributed by atoms with Crippen LogP contribution >= 0.6 is 11.6 Å². The van der Waals surface area contributed by atoms with Gasteiger partial charge in [-0.1, -0.05) is 54.4 Å². The van der Waals surface area contributed by atoms with Gasteiger partial charge in [0.2, 0.25) is 5.91 Å². The van der Waals surface area contributed by atoms with Gasteiger partial charge in [0.25, 0.3) is 10.0 Å². The van der Waals surface area contributed by atoms with Gasteiger partial charge >= 0.3 is 0 Å². The van der Waals surface area contributed by atoms with E-state index in [1.807, 2.05) is 26.0 Å². The van der Waals surface area contributed by atoms with Crippen LogP contribution in [0.1, 0.15) is 49.4 Å². The summed E-state index contributed by atoms with van der Waals surface area (Å²) < 4.78 is 28.6. The third-order valence-electron chi connectivity index (χ3n) is 7.20. The molecule has 0 spiro atoms. The van der Waals surface area contributed by atoms with E-state index < -0.39 is 15.9 Å². The van der Waals surface area contributed by atoms with Crippen LogP contribution in [0.15, 0.2) is 71.6 Å². The number of halogens is 1. The largest absolute Gasteiger partial charge is 0.371 e. The van der Waals surface area contributed by atoms with Crippen LogP contribution in [0.4, 0.5) is 11.4 Å². The lowest BCUT2D eigenvalue weighted by atomic mass is 9.99. The summed E-state index contributed by atoms with van der Waals surface area (Å²) in [5, 5.41) is 3.41.